The fraction of sp³-hybridized carbons (Fsp3) is 0.182. The van der Waals surface area contributed by atoms with Crippen LogP contribution in [0.4, 0.5) is 17.6 Å². The molecule has 5 heterocycles. The van der Waals surface area contributed by atoms with Gasteiger partial charge < -0.3 is 19.4 Å². The molecule has 5 aromatic rings. The lowest BCUT2D eigenvalue weighted by molar-refractivity contribution is 0.122. The first-order chi connectivity index (χ1) is 15.7. The molecule has 2 N–H and O–H groups in total. The quantitative estimate of drug-likeness (QED) is 0.417. The normalized spacial score (nSPS) is 14.3. The number of benzene rings is 1. The van der Waals surface area contributed by atoms with Crippen molar-refractivity contribution in [1.82, 2.24) is 25.1 Å². The summed E-state index contributed by atoms with van der Waals surface area (Å²) in [5, 5.41) is 12.1. The Morgan fingerprint density at radius 3 is 2.84 bits per heavy atom. The zero-order valence-electron chi connectivity index (χ0n) is 16.9. The number of nitrogens with zero attached hydrogens (tertiary/aromatic N) is 5. The van der Waals surface area contributed by atoms with E-state index in [-0.39, 0.29) is 0 Å². The van der Waals surface area contributed by atoms with E-state index in [1.807, 2.05) is 42.5 Å². The van der Waals surface area contributed by atoms with Gasteiger partial charge in [0.25, 0.3) is 0 Å². The Hall–Kier alpha value is -3.69. The number of furan rings is 1. The molecule has 0 bridgehead atoms. The van der Waals surface area contributed by atoms with Crippen LogP contribution in [0.3, 0.4) is 0 Å². The molecule has 0 amide bonds. The van der Waals surface area contributed by atoms with Crippen molar-refractivity contribution in [3.8, 4) is 11.3 Å². The number of H-pyrrole nitrogens is 1. The molecule has 4 aromatic heterocycles. The number of halogens is 1. The maximum absolute atomic E-state index is 6.12. The molecule has 6 rings (SSSR count). The largest absolute Gasteiger partial charge is 0.432 e. The standard InChI is InChI=1S/C22H18ClN7O2/c23-14-4-1-3-13(11-14)16-12-17(29-28-16)25-22-26-18-15-5-2-6-24-21(15)32-19(18)20(27-22)30-7-9-31-10-8-30/h1-6,11-12H,7-10H2,(H2,25,26,27,28,29). The summed E-state index contributed by atoms with van der Waals surface area (Å²) in [6.07, 6.45) is 1.70. The van der Waals surface area contributed by atoms with Crippen molar-refractivity contribution in [2.75, 3.05) is 36.5 Å². The lowest BCUT2D eigenvalue weighted by atomic mass is 10.1. The lowest BCUT2D eigenvalue weighted by Crippen LogP contribution is -2.37. The summed E-state index contributed by atoms with van der Waals surface area (Å²) in [4.78, 5) is 16.0. The van der Waals surface area contributed by atoms with Gasteiger partial charge in [0.1, 0.15) is 5.52 Å². The van der Waals surface area contributed by atoms with Gasteiger partial charge in [0, 0.05) is 35.9 Å². The minimum Gasteiger partial charge on any atom is -0.432 e. The number of hydrogen-bond acceptors (Lipinski definition) is 8. The summed E-state index contributed by atoms with van der Waals surface area (Å²) < 4.78 is 11.5. The summed E-state index contributed by atoms with van der Waals surface area (Å²) in [5.41, 5.74) is 3.63. The predicted molar refractivity (Wildman–Crippen MR) is 122 cm³/mol. The molecule has 0 atom stereocenters. The predicted octanol–water partition coefficient (Wildman–Crippen LogP) is 4.39. The van der Waals surface area contributed by atoms with Gasteiger partial charge >= 0.3 is 0 Å². The van der Waals surface area contributed by atoms with Gasteiger partial charge in [0.2, 0.25) is 11.7 Å². The first kappa shape index (κ1) is 19.0. The van der Waals surface area contributed by atoms with Crippen molar-refractivity contribution in [2.45, 2.75) is 0 Å². The van der Waals surface area contributed by atoms with Gasteiger partial charge in [-0.3, -0.25) is 5.10 Å². The van der Waals surface area contributed by atoms with Crippen LogP contribution in [0.5, 0.6) is 0 Å². The molecule has 0 unspecified atom stereocenters. The van der Waals surface area contributed by atoms with Crippen LogP contribution in [-0.4, -0.2) is 51.5 Å². The highest BCUT2D eigenvalue weighted by molar-refractivity contribution is 6.30. The average Bonchev–Trinajstić information content (AvgIpc) is 3.44. The van der Waals surface area contributed by atoms with Gasteiger partial charge in [-0.2, -0.15) is 10.1 Å². The number of ether oxygens (including phenoxy) is 1. The van der Waals surface area contributed by atoms with Crippen molar-refractivity contribution in [1.29, 1.82) is 0 Å². The number of hydrogen-bond donors (Lipinski definition) is 2. The Morgan fingerprint density at radius 2 is 1.97 bits per heavy atom. The molecule has 9 nitrogen and oxygen atoms in total. The van der Waals surface area contributed by atoms with Crippen LogP contribution in [0, 0.1) is 0 Å². The molecule has 10 heteroatoms. The number of nitrogens with one attached hydrogen (secondary N) is 2. The van der Waals surface area contributed by atoms with E-state index in [0.29, 0.717) is 52.6 Å². The fourth-order valence-electron chi connectivity index (χ4n) is 3.81. The third-order valence-electron chi connectivity index (χ3n) is 5.34. The summed E-state index contributed by atoms with van der Waals surface area (Å²) in [5.74, 6) is 1.73. The molecular formula is C22H18ClN7O2. The molecular weight excluding hydrogens is 430 g/mol. The van der Waals surface area contributed by atoms with E-state index in [1.165, 1.54) is 0 Å². The summed E-state index contributed by atoms with van der Waals surface area (Å²) in [7, 11) is 0. The molecule has 160 valence electrons. The molecule has 0 radical (unpaired) electrons. The number of rotatable bonds is 4. The molecule has 0 aliphatic carbocycles. The van der Waals surface area contributed by atoms with Gasteiger partial charge in [-0.15, -0.1) is 0 Å². The zero-order chi connectivity index (χ0) is 21.5. The smallest absolute Gasteiger partial charge is 0.231 e. The van der Waals surface area contributed by atoms with E-state index >= 15 is 0 Å². The monoisotopic (exact) mass is 447 g/mol. The Labute approximate surface area is 187 Å². The van der Waals surface area contributed by atoms with Crippen molar-refractivity contribution in [3.63, 3.8) is 0 Å². The van der Waals surface area contributed by atoms with Crippen molar-refractivity contribution in [2.24, 2.45) is 0 Å². The van der Waals surface area contributed by atoms with Gasteiger partial charge in [-0.05, 0) is 24.3 Å². The first-order valence-corrected chi connectivity index (χ1v) is 10.6. The molecule has 0 saturated carbocycles. The fourth-order valence-corrected chi connectivity index (χ4v) is 4.00. The molecule has 1 saturated heterocycles. The summed E-state index contributed by atoms with van der Waals surface area (Å²) in [6, 6.07) is 13.3. The SMILES string of the molecule is Clc1cccc(-c2cc(Nc3nc(N4CCOCC4)c4oc5ncccc5c4n3)n[nH]2)c1. The van der Waals surface area contributed by atoms with Crippen LogP contribution in [0.25, 0.3) is 33.5 Å². The van der Waals surface area contributed by atoms with Gasteiger partial charge in [-0.25, -0.2) is 9.97 Å². The molecule has 1 aromatic carbocycles. The van der Waals surface area contributed by atoms with Crippen LogP contribution in [0.1, 0.15) is 0 Å². The minimum absolute atomic E-state index is 0.426. The van der Waals surface area contributed by atoms with Crippen molar-refractivity contribution < 1.29 is 9.15 Å². The molecule has 1 fully saturated rings. The third kappa shape index (κ3) is 3.41. The van der Waals surface area contributed by atoms with Crippen LogP contribution >= 0.6 is 11.6 Å². The maximum atomic E-state index is 6.12. The Balaban J connectivity index is 1.41. The average molecular weight is 448 g/mol. The molecule has 1 aliphatic heterocycles. The van der Waals surface area contributed by atoms with E-state index in [4.69, 9.17) is 30.7 Å². The molecule has 32 heavy (non-hydrogen) atoms. The molecule has 0 spiro atoms. The number of anilines is 3. The van der Waals surface area contributed by atoms with Crippen LogP contribution in [-0.2, 0) is 4.74 Å². The van der Waals surface area contributed by atoms with Crippen molar-refractivity contribution in [3.05, 3.63) is 53.7 Å². The Morgan fingerprint density at radius 1 is 1.06 bits per heavy atom. The molecule has 1 aliphatic rings. The second-order valence-corrected chi connectivity index (χ2v) is 7.84. The van der Waals surface area contributed by atoms with Crippen molar-refractivity contribution >= 4 is 51.4 Å². The van der Waals surface area contributed by atoms with Crippen LogP contribution in [0.2, 0.25) is 5.02 Å². The first-order valence-electron chi connectivity index (χ1n) is 10.2. The van der Waals surface area contributed by atoms with E-state index in [2.05, 4.69) is 25.4 Å². The summed E-state index contributed by atoms with van der Waals surface area (Å²) >= 11 is 6.12. The number of morpholine rings is 1. The Bertz CT molecular complexity index is 1420. The van der Waals surface area contributed by atoms with Gasteiger partial charge in [0.05, 0.1) is 24.3 Å². The van der Waals surface area contributed by atoms with E-state index < -0.39 is 0 Å². The third-order valence-corrected chi connectivity index (χ3v) is 5.57. The number of aromatic nitrogens is 5. The highest BCUT2D eigenvalue weighted by Crippen LogP contribution is 2.34. The number of aromatic amines is 1. The zero-order valence-corrected chi connectivity index (χ0v) is 17.6. The van der Waals surface area contributed by atoms with E-state index in [9.17, 15) is 0 Å². The van der Waals surface area contributed by atoms with E-state index in [1.54, 1.807) is 6.20 Å². The van der Waals surface area contributed by atoms with Crippen LogP contribution < -0.4 is 10.2 Å². The number of pyridine rings is 1. The highest BCUT2D eigenvalue weighted by Gasteiger charge is 2.22. The highest BCUT2D eigenvalue weighted by atomic mass is 35.5. The van der Waals surface area contributed by atoms with Gasteiger partial charge in [-0.1, -0.05) is 23.7 Å². The topological polar surface area (TPSA) is 105 Å². The summed E-state index contributed by atoms with van der Waals surface area (Å²) in [6.45, 7) is 2.71. The van der Waals surface area contributed by atoms with Crippen LogP contribution in [0.15, 0.2) is 53.1 Å². The lowest BCUT2D eigenvalue weighted by Gasteiger charge is -2.27. The minimum atomic E-state index is 0.426. The maximum Gasteiger partial charge on any atom is 0.231 e. The second kappa shape index (κ2) is 7.77. The Kier molecular flexibility index (Phi) is 4.62. The second-order valence-electron chi connectivity index (χ2n) is 7.41. The number of fused-ring (bicyclic) bond motifs is 3. The van der Waals surface area contributed by atoms with Gasteiger partial charge in [0.15, 0.2) is 17.2 Å². The van der Waals surface area contributed by atoms with E-state index in [0.717, 1.165) is 29.7 Å².